The fraction of sp³-hybridized carbons (Fsp3) is 0.500. The van der Waals surface area contributed by atoms with Crippen molar-refractivity contribution in [1.29, 1.82) is 0 Å². The van der Waals surface area contributed by atoms with Gasteiger partial charge in [0.2, 0.25) is 0 Å². The number of aliphatic carboxylic acids is 1. The molecule has 0 aromatic carbocycles. The van der Waals surface area contributed by atoms with E-state index >= 15 is 0 Å². The number of aromatic nitrogens is 2. The van der Waals surface area contributed by atoms with E-state index in [4.69, 9.17) is 5.11 Å². The summed E-state index contributed by atoms with van der Waals surface area (Å²) in [6.07, 6.45) is 2.32. The molecule has 0 aliphatic heterocycles. The molecule has 0 radical (unpaired) electrons. The van der Waals surface area contributed by atoms with Crippen LogP contribution >= 0.6 is 0 Å². The molecule has 1 N–H and O–H groups in total. The summed E-state index contributed by atoms with van der Waals surface area (Å²) in [4.78, 5) is 20.4. The first kappa shape index (κ1) is 11.4. The van der Waals surface area contributed by atoms with Crippen molar-refractivity contribution in [2.75, 3.05) is 18.5 Å². The third-order valence-electron chi connectivity index (χ3n) is 2.06. The fourth-order valence-electron chi connectivity index (χ4n) is 1.23. The zero-order valence-corrected chi connectivity index (χ0v) is 8.97. The highest BCUT2D eigenvalue weighted by Gasteiger charge is 2.04. The van der Waals surface area contributed by atoms with Crippen molar-refractivity contribution in [3.63, 3.8) is 0 Å². The minimum atomic E-state index is -0.762. The quantitative estimate of drug-likeness (QED) is 0.786. The summed E-state index contributed by atoms with van der Waals surface area (Å²) in [5, 5.41) is 8.50. The number of anilines is 1. The molecule has 0 spiro atoms. The zero-order chi connectivity index (χ0) is 11.3. The molecule has 82 valence electrons. The smallest absolute Gasteiger partial charge is 0.303 e. The number of rotatable bonds is 5. The van der Waals surface area contributed by atoms with E-state index in [1.54, 1.807) is 0 Å². The predicted octanol–water partition coefficient (Wildman–Crippen LogP) is 1.09. The van der Waals surface area contributed by atoms with Crippen LogP contribution in [0.2, 0.25) is 0 Å². The molecule has 1 aromatic rings. The van der Waals surface area contributed by atoms with E-state index in [0.717, 1.165) is 11.5 Å². The molecule has 5 heteroatoms. The minimum Gasteiger partial charge on any atom is -0.481 e. The lowest BCUT2D eigenvalue weighted by atomic mass is 10.3. The lowest BCUT2D eigenvalue weighted by Crippen LogP contribution is -2.20. The molecule has 0 aliphatic rings. The highest BCUT2D eigenvalue weighted by molar-refractivity contribution is 5.66. The molecule has 0 aliphatic carbocycles. The Morgan fingerprint density at radius 3 is 2.87 bits per heavy atom. The van der Waals surface area contributed by atoms with E-state index < -0.39 is 5.97 Å². The van der Waals surface area contributed by atoms with Gasteiger partial charge in [-0.1, -0.05) is 0 Å². The first-order valence-electron chi connectivity index (χ1n) is 4.81. The molecule has 0 unspecified atom stereocenters. The standard InChI is InChI=1S/C10H15N3O2/c1-8-6-9(12-7-11-8)13(2)5-3-4-10(14)15/h6-7H,3-5H2,1-2H3,(H,14,15). The summed E-state index contributed by atoms with van der Waals surface area (Å²) in [6.45, 7) is 2.58. The maximum atomic E-state index is 10.3. The van der Waals surface area contributed by atoms with Crippen LogP contribution in [0.1, 0.15) is 18.5 Å². The number of carboxylic acid groups (broad SMARTS) is 1. The third kappa shape index (κ3) is 3.93. The Bertz CT molecular complexity index is 341. The molecule has 15 heavy (non-hydrogen) atoms. The molecule has 5 nitrogen and oxygen atoms in total. The molecule has 0 amide bonds. The van der Waals surface area contributed by atoms with E-state index in [1.165, 1.54) is 6.33 Å². The molecule has 0 saturated carbocycles. The molecule has 0 bridgehead atoms. The van der Waals surface area contributed by atoms with E-state index in [2.05, 4.69) is 9.97 Å². The molecular formula is C10H15N3O2. The van der Waals surface area contributed by atoms with Crippen molar-refractivity contribution in [1.82, 2.24) is 9.97 Å². The van der Waals surface area contributed by atoms with Gasteiger partial charge in [-0.25, -0.2) is 9.97 Å². The summed E-state index contributed by atoms with van der Waals surface area (Å²) in [5.41, 5.74) is 0.907. The van der Waals surface area contributed by atoms with Crippen LogP contribution in [-0.2, 0) is 4.79 Å². The van der Waals surface area contributed by atoms with Crippen LogP contribution in [0.15, 0.2) is 12.4 Å². The van der Waals surface area contributed by atoms with Crippen LogP contribution in [0.25, 0.3) is 0 Å². The van der Waals surface area contributed by atoms with E-state index in [1.807, 2.05) is 24.9 Å². The largest absolute Gasteiger partial charge is 0.481 e. The number of hydrogen-bond donors (Lipinski definition) is 1. The Kier molecular flexibility index (Phi) is 4.03. The van der Waals surface area contributed by atoms with Gasteiger partial charge < -0.3 is 10.0 Å². The second kappa shape index (κ2) is 5.29. The predicted molar refractivity (Wildman–Crippen MR) is 56.9 cm³/mol. The third-order valence-corrected chi connectivity index (χ3v) is 2.06. The van der Waals surface area contributed by atoms with Gasteiger partial charge in [-0.05, 0) is 13.3 Å². The summed E-state index contributed by atoms with van der Waals surface area (Å²) >= 11 is 0. The van der Waals surface area contributed by atoms with Gasteiger partial charge in [0.05, 0.1) is 0 Å². The maximum absolute atomic E-state index is 10.3. The molecule has 1 rings (SSSR count). The van der Waals surface area contributed by atoms with Crippen LogP contribution in [0.3, 0.4) is 0 Å². The van der Waals surface area contributed by atoms with E-state index in [9.17, 15) is 4.79 Å². The monoisotopic (exact) mass is 209 g/mol. The fourth-order valence-corrected chi connectivity index (χ4v) is 1.23. The number of nitrogens with zero attached hydrogens (tertiary/aromatic N) is 3. The van der Waals surface area contributed by atoms with Crippen molar-refractivity contribution in [2.24, 2.45) is 0 Å². The Labute approximate surface area is 88.8 Å². The Balaban J connectivity index is 2.46. The number of hydrogen-bond acceptors (Lipinski definition) is 4. The van der Waals surface area contributed by atoms with Gasteiger partial charge in [0.25, 0.3) is 0 Å². The summed E-state index contributed by atoms with van der Waals surface area (Å²) in [6, 6.07) is 1.88. The van der Waals surface area contributed by atoms with Crippen molar-refractivity contribution in [3.8, 4) is 0 Å². The van der Waals surface area contributed by atoms with E-state index in [0.29, 0.717) is 13.0 Å². The van der Waals surface area contributed by atoms with E-state index in [-0.39, 0.29) is 6.42 Å². The van der Waals surface area contributed by atoms with Gasteiger partial charge in [0.15, 0.2) is 0 Å². The normalized spacial score (nSPS) is 10.0. The Hall–Kier alpha value is -1.65. The van der Waals surface area contributed by atoms with Crippen LogP contribution in [0.5, 0.6) is 0 Å². The maximum Gasteiger partial charge on any atom is 0.303 e. The number of carbonyl (C=O) groups is 1. The van der Waals surface area contributed by atoms with Gasteiger partial charge in [0.1, 0.15) is 12.1 Å². The van der Waals surface area contributed by atoms with Crippen LogP contribution in [0, 0.1) is 6.92 Å². The summed E-state index contributed by atoms with van der Waals surface area (Å²) < 4.78 is 0. The van der Waals surface area contributed by atoms with Crippen molar-refractivity contribution >= 4 is 11.8 Å². The van der Waals surface area contributed by atoms with Crippen LogP contribution in [0.4, 0.5) is 5.82 Å². The zero-order valence-electron chi connectivity index (χ0n) is 8.97. The van der Waals surface area contributed by atoms with Crippen molar-refractivity contribution in [3.05, 3.63) is 18.1 Å². The number of aryl methyl sites for hydroxylation is 1. The highest BCUT2D eigenvalue weighted by Crippen LogP contribution is 2.09. The van der Waals surface area contributed by atoms with Crippen molar-refractivity contribution in [2.45, 2.75) is 19.8 Å². The molecule has 0 saturated heterocycles. The first-order chi connectivity index (χ1) is 7.09. The average molecular weight is 209 g/mol. The van der Waals surface area contributed by atoms with Gasteiger partial charge in [-0.3, -0.25) is 4.79 Å². The second-order valence-corrected chi connectivity index (χ2v) is 3.44. The van der Waals surface area contributed by atoms with Gasteiger partial charge in [0, 0.05) is 31.8 Å². The Morgan fingerprint density at radius 1 is 1.53 bits per heavy atom. The van der Waals surface area contributed by atoms with Gasteiger partial charge in [-0.2, -0.15) is 0 Å². The molecule has 0 atom stereocenters. The molecule has 1 heterocycles. The topological polar surface area (TPSA) is 66.3 Å². The van der Waals surface area contributed by atoms with Crippen molar-refractivity contribution < 1.29 is 9.90 Å². The van der Waals surface area contributed by atoms with Gasteiger partial charge >= 0.3 is 5.97 Å². The number of carboxylic acids is 1. The SMILES string of the molecule is Cc1cc(N(C)CCCC(=O)O)ncn1. The molecule has 0 fully saturated rings. The second-order valence-electron chi connectivity index (χ2n) is 3.44. The lowest BCUT2D eigenvalue weighted by molar-refractivity contribution is -0.137. The summed E-state index contributed by atoms with van der Waals surface area (Å²) in [5.74, 6) is 0.0650. The lowest BCUT2D eigenvalue weighted by Gasteiger charge is -2.17. The highest BCUT2D eigenvalue weighted by atomic mass is 16.4. The van der Waals surface area contributed by atoms with Crippen LogP contribution < -0.4 is 4.90 Å². The minimum absolute atomic E-state index is 0.189. The average Bonchev–Trinajstić information content (AvgIpc) is 2.17. The van der Waals surface area contributed by atoms with Gasteiger partial charge in [-0.15, -0.1) is 0 Å². The van der Waals surface area contributed by atoms with Crippen LogP contribution in [-0.4, -0.2) is 34.6 Å². The molecule has 1 aromatic heterocycles. The Morgan fingerprint density at radius 2 is 2.27 bits per heavy atom. The summed E-state index contributed by atoms with van der Waals surface area (Å²) in [7, 11) is 1.89. The first-order valence-corrected chi connectivity index (χ1v) is 4.81. The molecular weight excluding hydrogens is 194 g/mol.